The summed E-state index contributed by atoms with van der Waals surface area (Å²) in [4.78, 5) is 12.2. The zero-order valence-electron chi connectivity index (χ0n) is 11.7. The monoisotopic (exact) mass is 298 g/mol. The molecule has 0 bridgehead atoms. The highest BCUT2D eigenvalue weighted by Crippen LogP contribution is 2.38. The van der Waals surface area contributed by atoms with Gasteiger partial charge in [0.2, 0.25) is 5.91 Å². The van der Waals surface area contributed by atoms with Gasteiger partial charge in [0.05, 0.1) is 16.2 Å². The third-order valence-corrected chi connectivity index (χ3v) is 3.48. The molecule has 5 nitrogen and oxygen atoms in total. The Bertz CT molecular complexity index is 517. The Morgan fingerprint density at radius 1 is 1.40 bits per heavy atom. The number of benzene rings is 1. The van der Waals surface area contributed by atoms with Gasteiger partial charge in [-0.05, 0) is 13.3 Å². The Morgan fingerprint density at radius 3 is 2.60 bits per heavy atom. The molecule has 0 fully saturated rings. The molecule has 1 aliphatic heterocycles. The minimum Gasteiger partial charge on any atom is -0.486 e. The van der Waals surface area contributed by atoms with Gasteiger partial charge in [0.1, 0.15) is 13.2 Å². The van der Waals surface area contributed by atoms with Crippen molar-refractivity contribution in [1.82, 2.24) is 0 Å². The molecular weight excluding hydrogens is 280 g/mol. The average molecular weight is 299 g/mol. The molecule has 1 aliphatic rings. The molecule has 0 spiro atoms. The van der Waals surface area contributed by atoms with E-state index in [1.54, 1.807) is 19.1 Å². The van der Waals surface area contributed by atoms with Gasteiger partial charge < -0.3 is 20.5 Å². The molecule has 110 valence electrons. The van der Waals surface area contributed by atoms with E-state index in [0.29, 0.717) is 41.8 Å². The third kappa shape index (κ3) is 3.16. The number of hydrogen-bond donors (Lipinski definition) is 2. The van der Waals surface area contributed by atoms with Crippen LogP contribution in [0.25, 0.3) is 0 Å². The maximum atomic E-state index is 12.2. The van der Waals surface area contributed by atoms with Crippen molar-refractivity contribution in [2.24, 2.45) is 5.73 Å². The molecular formula is C14H19ClN2O3. The summed E-state index contributed by atoms with van der Waals surface area (Å²) in [5.41, 5.74) is 5.55. The van der Waals surface area contributed by atoms with Gasteiger partial charge in [0, 0.05) is 12.1 Å². The zero-order valence-corrected chi connectivity index (χ0v) is 12.4. The molecule has 2 rings (SSSR count). The van der Waals surface area contributed by atoms with Gasteiger partial charge >= 0.3 is 0 Å². The quantitative estimate of drug-likeness (QED) is 0.896. The van der Waals surface area contributed by atoms with Crippen LogP contribution in [0.4, 0.5) is 5.69 Å². The predicted molar refractivity (Wildman–Crippen MR) is 78.6 cm³/mol. The number of carbonyl (C=O) groups is 1. The van der Waals surface area contributed by atoms with E-state index in [1.807, 2.05) is 6.92 Å². The standard InChI is InChI=1S/C14H19ClN2O3/c1-3-4-14(2,16)13(18)17-10-8-12-11(7-9(10)15)19-5-6-20-12/h7-8H,3-6,16H2,1-2H3,(H,17,18). The van der Waals surface area contributed by atoms with Crippen molar-refractivity contribution in [2.45, 2.75) is 32.2 Å². The van der Waals surface area contributed by atoms with Gasteiger partial charge in [0.25, 0.3) is 0 Å². The highest BCUT2D eigenvalue weighted by molar-refractivity contribution is 6.34. The Balaban J connectivity index is 2.19. The molecule has 0 aliphatic carbocycles. The van der Waals surface area contributed by atoms with Crippen molar-refractivity contribution in [3.05, 3.63) is 17.2 Å². The molecule has 1 amide bonds. The van der Waals surface area contributed by atoms with Crippen molar-refractivity contribution < 1.29 is 14.3 Å². The lowest BCUT2D eigenvalue weighted by atomic mass is 9.96. The molecule has 1 aromatic rings. The smallest absolute Gasteiger partial charge is 0.244 e. The number of anilines is 1. The van der Waals surface area contributed by atoms with E-state index in [-0.39, 0.29) is 5.91 Å². The lowest BCUT2D eigenvalue weighted by Gasteiger charge is -2.24. The topological polar surface area (TPSA) is 73.6 Å². The molecule has 1 atom stereocenters. The fraction of sp³-hybridized carbons (Fsp3) is 0.500. The lowest BCUT2D eigenvalue weighted by molar-refractivity contribution is -0.120. The summed E-state index contributed by atoms with van der Waals surface area (Å²) in [6.45, 7) is 4.66. The molecule has 0 aromatic heterocycles. The van der Waals surface area contributed by atoms with Crippen LogP contribution in [-0.4, -0.2) is 24.7 Å². The maximum absolute atomic E-state index is 12.2. The van der Waals surface area contributed by atoms with Crippen LogP contribution >= 0.6 is 11.6 Å². The van der Waals surface area contributed by atoms with Crippen molar-refractivity contribution in [3.8, 4) is 11.5 Å². The van der Waals surface area contributed by atoms with Crippen LogP contribution in [0.5, 0.6) is 11.5 Å². The predicted octanol–water partition coefficient (Wildman–Crippen LogP) is 2.57. The summed E-state index contributed by atoms with van der Waals surface area (Å²) in [6.07, 6.45) is 1.43. The van der Waals surface area contributed by atoms with Crippen molar-refractivity contribution in [1.29, 1.82) is 0 Å². The highest BCUT2D eigenvalue weighted by atomic mass is 35.5. The van der Waals surface area contributed by atoms with E-state index in [2.05, 4.69) is 5.32 Å². The molecule has 0 radical (unpaired) electrons. The van der Waals surface area contributed by atoms with E-state index >= 15 is 0 Å². The second-order valence-corrected chi connectivity index (χ2v) is 5.50. The van der Waals surface area contributed by atoms with Gasteiger partial charge in [-0.25, -0.2) is 0 Å². The summed E-state index contributed by atoms with van der Waals surface area (Å²) in [5, 5.41) is 3.15. The number of halogens is 1. The Hall–Kier alpha value is -1.46. The number of amides is 1. The third-order valence-electron chi connectivity index (χ3n) is 3.17. The first-order valence-corrected chi connectivity index (χ1v) is 7.01. The van der Waals surface area contributed by atoms with Gasteiger partial charge in [-0.1, -0.05) is 24.9 Å². The van der Waals surface area contributed by atoms with Crippen molar-refractivity contribution in [2.75, 3.05) is 18.5 Å². The summed E-state index contributed by atoms with van der Waals surface area (Å²) in [6, 6.07) is 3.30. The van der Waals surface area contributed by atoms with Crippen LogP contribution < -0.4 is 20.5 Å². The maximum Gasteiger partial charge on any atom is 0.244 e. The molecule has 20 heavy (non-hydrogen) atoms. The van der Waals surface area contributed by atoms with Gasteiger partial charge in [0.15, 0.2) is 11.5 Å². The molecule has 1 unspecified atom stereocenters. The number of hydrogen-bond acceptors (Lipinski definition) is 4. The first kappa shape index (κ1) is 14.9. The lowest BCUT2D eigenvalue weighted by Crippen LogP contribution is -2.48. The number of nitrogens with one attached hydrogen (secondary N) is 1. The highest BCUT2D eigenvalue weighted by Gasteiger charge is 2.28. The molecule has 6 heteroatoms. The van der Waals surface area contributed by atoms with Gasteiger partial charge in [-0.2, -0.15) is 0 Å². The number of fused-ring (bicyclic) bond motifs is 1. The Kier molecular flexibility index (Phi) is 4.40. The van der Waals surface area contributed by atoms with Gasteiger partial charge in [-0.3, -0.25) is 4.79 Å². The number of ether oxygens (including phenoxy) is 2. The minimum absolute atomic E-state index is 0.266. The molecule has 1 heterocycles. The number of nitrogens with two attached hydrogens (primary N) is 1. The van der Waals surface area contributed by atoms with E-state index in [4.69, 9.17) is 26.8 Å². The second-order valence-electron chi connectivity index (χ2n) is 5.10. The second kappa shape index (κ2) is 5.89. The first-order chi connectivity index (χ1) is 9.44. The van der Waals surface area contributed by atoms with Crippen LogP contribution in [0, 0.1) is 0 Å². The minimum atomic E-state index is -0.925. The number of rotatable bonds is 4. The SMILES string of the molecule is CCCC(C)(N)C(=O)Nc1cc2c(cc1Cl)OCCO2. The van der Waals surface area contributed by atoms with Crippen molar-refractivity contribution in [3.63, 3.8) is 0 Å². The van der Waals surface area contributed by atoms with Crippen LogP contribution in [0.3, 0.4) is 0 Å². The summed E-state index contributed by atoms with van der Waals surface area (Å²) < 4.78 is 10.9. The fourth-order valence-electron chi connectivity index (χ4n) is 2.06. The summed E-state index contributed by atoms with van der Waals surface area (Å²) in [5.74, 6) is 0.895. The average Bonchev–Trinajstić information content (AvgIpc) is 2.39. The van der Waals surface area contributed by atoms with Crippen LogP contribution in [0.15, 0.2) is 12.1 Å². The number of carbonyl (C=O) groups excluding carboxylic acids is 1. The Morgan fingerprint density at radius 2 is 2.00 bits per heavy atom. The molecule has 3 N–H and O–H groups in total. The molecule has 0 saturated heterocycles. The van der Waals surface area contributed by atoms with Crippen LogP contribution in [-0.2, 0) is 4.79 Å². The molecule has 1 aromatic carbocycles. The van der Waals surface area contributed by atoms with E-state index in [1.165, 1.54) is 0 Å². The fourth-order valence-corrected chi connectivity index (χ4v) is 2.26. The largest absolute Gasteiger partial charge is 0.486 e. The van der Waals surface area contributed by atoms with E-state index in [0.717, 1.165) is 6.42 Å². The van der Waals surface area contributed by atoms with Crippen LogP contribution in [0.2, 0.25) is 5.02 Å². The zero-order chi connectivity index (χ0) is 14.8. The van der Waals surface area contributed by atoms with Gasteiger partial charge in [-0.15, -0.1) is 0 Å². The summed E-state index contributed by atoms with van der Waals surface area (Å²) >= 11 is 6.14. The van der Waals surface area contributed by atoms with E-state index in [9.17, 15) is 4.79 Å². The molecule has 0 saturated carbocycles. The van der Waals surface area contributed by atoms with Crippen LogP contribution in [0.1, 0.15) is 26.7 Å². The summed E-state index contributed by atoms with van der Waals surface area (Å²) in [7, 11) is 0. The first-order valence-electron chi connectivity index (χ1n) is 6.63. The Labute approximate surface area is 123 Å². The van der Waals surface area contributed by atoms with Crippen molar-refractivity contribution >= 4 is 23.2 Å². The normalized spacial score (nSPS) is 16.4. The van der Waals surface area contributed by atoms with E-state index < -0.39 is 5.54 Å².